The van der Waals surface area contributed by atoms with Crippen molar-refractivity contribution in [2.75, 3.05) is 13.1 Å². The lowest BCUT2D eigenvalue weighted by Crippen LogP contribution is -2.37. The lowest BCUT2D eigenvalue weighted by Gasteiger charge is -2.23. The van der Waals surface area contributed by atoms with E-state index in [1.807, 2.05) is 0 Å². The molecule has 118 valence electrons. The Bertz CT molecular complexity index is 388. The van der Waals surface area contributed by atoms with Crippen molar-refractivity contribution in [1.82, 2.24) is 10.2 Å². The van der Waals surface area contributed by atoms with Crippen LogP contribution in [0.5, 0.6) is 0 Å². The van der Waals surface area contributed by atoms with Gasteiger partial charge in [0.25, 0.3) is 0 Å². The highest BCUT2D eigenvalue weighted by atomic mass is 16.2. The van der Waals surface area contributed by atoms with E-state index in [2.05, 4.69) is 12.2 Å². The zero-order valence-corrected chi connectivity index (χ0v) is 13.1. The van der Waals surface area contributed by atoms with Crippen molar-refractivity contribution in [3.05, 3.63) is 0 Å². The van der Waals surface area contributed by atoms with Crippen LogP contribution in [-0.4, -0.2) is 35.8 Å². The Morgan fingerprint density at radius 3 is 2.38 bits per heavy atom. The van der Waals surface area contributed by atoms with Crippen molar-refractivity contribution in [2.45, 2.75) is 64.3 Å². The summed E-state index contributed by atoms with van der Waals surface area (Å²) in [5.41, 5.74) is 0. The summed E-state index contributed by atoms with van der Waals surface area (Å²) in [4.78, 5) is 26.3. The average Bonchev–Trinajstić information content (AvgIpc) is 3.17. The molecule has 21 heavy (non-hydrogen) atoms. The van der Waals surface area contributed by atoms with Gasteiger partial charge in [-0.15, -0.1) is 0 Å². The third-order valence-electron chi connectivity index (χ3n) is 5.72. The molecule has 0 spiro atoms. The molecular weight excluding hydrogens is 264 g/mol. The van der Waals surface area contributed by atoms with E-state index in [0.29, 0.717) is 18.5 Å². The van der Waals surface area contributed by atoms with Gasteiger partial charge in [-0.05, 0) is 51.0 Å². The molecule has 3 fully saturated rings. The van der Waals surface area contributed by atoms with Gasteiger partial charge in [0.05, 0.1) is 11.8 Å². The number of rotatable bonds is 6. The van der Waals surface area contributed by atoms with Gasteiger partial charge in [-0.3, -0.25) is 14.5 Å². The second-order valence-corrected chi connectivity index (χ2v) is 7.01. The molecule has 1 aliphatic heterocycles. The molecule has 1 N–H and O–H groups in total. The first-order chi connectivity index (χ1) is 10.2. The predicted octanol–water partition coefficient (Wildman–Crippen LogP) is 2.33. The molecule has 0 aromatic heterocycles. The highest BCUT2D eigenvalue weighted by molar-refractivity contribution is 6.05. The Balaban J connectivity index is 1.53. The Kier molecular flexibility index (Phi) is 4.63. The van der Waals surface area contributed by atoms with E-state index in [1.54, 1.807) is 4.90 Å². The Labute approximate surface area is 127 Å². The van der Waals surface area contributed by atoms with Crippen molar-refractivity contribution < 1.29 is 9.59 Å². The molecule has 2 saturated carbocycles. The quantitative estimate of drug-likeness (QED) is 0.764. The van der Waals surface area contributed by atoms with Gasteiger partial charge in [0, 0.05) is 12.6 Å². The van der Waals surface area contributed by atoms with Crippen LogP contribution in [0.15, 0.2) is 0 Å². The number of imide groups is 1. The van der Waals surface area contributed by atoms with Gasteiger partial charge in [-0.1, -0.05) is 19.8 Å². The molecule has 4 atom stereocenters. The fraction of sp³-hybridized carbons (Fsp3) is 0.882. The van der Waals surface area contributed by atoms with Gasteiger partial charge in [0.15, 0.2) is 0 Å². The number of amides is 2. The van der Waals surface area contributed by atoms with Gasteiger partial charge in [0.2, 0.25) is 11.8 Å². The first-order valence-corrected chi connectivity index (χ1v) is 8.81. The summed E-state index contributed by atoms with van der Waals surface area (Å²) < 4.78 is 0. The number of carbonyl (C=O) groups is 2. The first kappa shape index (κ1) is 15.0. The maximum atomic E-state index is 12.3. The summed E-state index contributed by atoms with van der Waals surface area (Å²) >= 11 is 0. The van der Waals surface area contributed by atoms with Crippen LogP contribution in [0.1, 0.15) is 58.3 Å². The fourth-order valence-electron chi connectivity index (χ4n) is 4.56. The second-order valence-electron chi connectivity index (χ2n) is 7.01. The molecule has 2 amide bonds. The summed E-state index contributed by atoms with van der Waals surface area (Å²) in [5, 5.41) is 3.63. The van der Waals surface area contributed by atoms with Gasteiger partial charge in [-0.25, -0.2) is 0 Å². The Morgan fingerprint density at radius 1 is 1.05 bits per heavy atom. The van der Waals surface area contributed by atoms with E-state index in [-0.39, 0.29) is 23.7 Å². The number of nitrogens with zero attached hydrogens (tertiary/aromatic N) is 1. The first-order valence-electron chi connectivity index (χ1n) is 8.81. The van der Waals surface area contributed by atoms with Crippen LogP contribution in [0.3, 0.4) is 0 Å². The van der Waals surface area contributed by atoms with Gasteiger partial charge in [0.1, 0.15) is 0 Å². The van der Waals surface area contributed by atoms with E-state index in [1.165, 1.54) is 19.3 Å². The van der Waals surface area contributed by atoms with Crippen LogP contribution in [0.4, 0.5) is 0 Å². The number of carbonyl (C=O) groups excluding carboxylic acids is 2. The maximum absolute atomic E-state index is 12.3. The summed E-state index contributed by atoms with van der Waals surface area (Å²) in [5.74, 6) is 0.930. The molecule has 4 heteroatoms. The van der Waals surface area contributed by atoms with E-state index >= 15 is 0 Å². The monoisotopic (exact) mass is 292 g/mol. The average molecular weight is 292 g/mol. The standard InChI is InChI=1S/C17H28N2O2/c1-2-10-18-15-8-3-5-12(15)9-11-19-16(20)13-6-4-7-14(13)17(19)21/h12-15,18H,2-11H2,1H3. The maximum Gasteiger partial charge on any atom is 0.233 e. The molecule has 0 aromatic carbocycles. The summed E-state index contributed by atoms with van der Waals surface area (Å²) in [6.45, 7) is 3.92. The minimum atomic E-state index is 0.0232. The number of hydrogen-bond acceptors (Lipinski definition) is 3. The fourth-order valence-corrected chi connectivity index (χ4v) is 4.56. The van der Waals surface area contributed by atoms with Crippen molar-refractivity contribution in [1.29, 1.82) is 0 Å². The molecule has 2 aliphatic carbocycles. The third kappa shape index (κ3) is 2.87. The minimum Gasteiger partial charge on any atom is -0.314 e. The molecule has 1 saturated heterocycles. The zero-order chi connectivity index (χ0) is 14.8. The van der Waals surface area contributed by atoms with Crippen molar-refractivity contribution in [3.8, 4) is 0 Å². The van der Waals surface area contributed by atoms with Crippen LogP contribution in [0.2, 0.25) is 0 Å². The lowest BCUT2D eigenvalue weighted by molar-refractivity contribution is -0.140. The zero-order valence-electron chi connectivity index (χ0n) is 13.1. The van der Waals surface area contributed by atoms with Gasteiger partial charge >= 0.3 is 0 Å². The van der Waals surface area contributed by atoms with Crippen LogP contribution in [-0.2, 0) is 9.59 Å². The molecule has 4 unspecified atom stereocenters. The van der Waals surface area contributed by atoms with E-state index in [0.717, 1.165) is 38.6 Å². The highest BCUT2D eigenvalue weighted by Gasteiger charge is 2.49. The number of fused-ring (bicyclic) bond motifs is 1. The summed E-state index contributed by atoms with van der Waals surface area (Å²) in [6.07, 6.45) is 8.81. The summed E-state index contributed by atoms with van der Waals surface area (Å²) in [6, 6.07) is 0.595. The topological polar surface area (TPSA) is 49.4 Å². The molecule has 4 nitrogen and oxygen atoms in total. The van der Waals surface area contributed by atoms with Crippen LogP contribution in [0.25, 0.3) is 0 Å². The minimum absolute atomic E-state index is 0.0232. The van der Waals surface area contributed by atoms with E-state index in [4.69, 9.17) is 0 Å². The van der Waals surface area contributed by atoms with E-state index in [9.17, 15) is 9.59 Å². The highest BCUT2D eigenvalue weighted by Crippen LogP contribution is 2.40. The van der Waals surface area contributed by atoms with Gasteiger partial charge in [-0.2, -0.15) is 0 Å². The number of hydrogen-bond donors (Lipinski definition) is 1. The Hall–Kier alpha value is -0.900. The molecule has 1 heterocycles. The summed E-state index contributed by atoms with van der Waals surface area (Å²) in [7, 11) is 0. The normalized spacial score (nSPS) is 35.8. The SMILES string of the molecule is CCCNC1CCCC1CCN1C(=O)C2CCCC2C1=O. The van der Waals surface area contributed by atoms with Crippen LogP contribution in [0, 0.1) is 17.8 Å². The van der Waals surface area contributed by atoms with Gasteiger partial charge < -0.3 is 5.32 Å². The molecule has 0 radical (unpaired) electrons. The largest absolute Gasteiger partial charge is 0.314 e. The third-order valence-corrected chi connectivity index (χ3v) is 5.72. The molecule has 0 aromatic rings. The smallest absolute Gasteiger partial charge is 0.233 e. The molecule has 3 aliphatic rings. The van der Waals surface area contributed by atoms with Crippen molar-refractivity contribution in [3.63, 3.8) is 0 Å². The molecule has 0 bridgehead atoms. The predicted molar refractivity (Wildman–Crippen MR) is 81.6 cm³/mol. The molecular formula is C17H28N2O2. The number of likely N-dealkylation sites (tertiary alicyclic amines) is 1. The Morgan fingerprint density at radius 2 is 1.71 bits per heavy atom. The lowest BCUT2D eigenvalue weighted by atomic mass is 9.99. The van der Waals surface area contributed by atoms with Crippen molar-refractivity contribution >= 4 is 11.8 Å². The second kappa shape index (κ2) is 6.47. The van der Waals surface area contributed by atoms with Crippen LogP contribution >= 0.6 is 0 Å². The van der Waals surface area contributed by atoms with Crippen LogP contribution < -0.4 is 5.32 Å². The van der Waals surface area contributed by atoms with Crippen molar-refractivity contribution in [2.24, 2.45) is 17.8 Å². The van der Waals surface area contributed by atoms with E-state index < -0.39 is 0 Å². The number of nitrogens with one attached hydrogen (secondary N) is 1. The molecule has 3 rings (SSSR count).